The molecule has 0 saturated carbocycles. The molecule has 1 aliphatic heterocycles. The van der Waals surface area contributed by atoms with E-state index in [4.69, 9.17) is 0 Å². The van der Waals surface area contributed by atoms with Gasteiger partial charge >= 0.3 is 0 Å². The summed E-state index contributed by atoms with van der Waals surface area (Å²) in [6.07, 6.45) is 3.82. The summed E-state index contributed by atoms with van der Waals surface area (Å²) in [4.78, 5) is 38.8. The number of carbonyl (C=O) groups is 3. The smallest absolute Gasteiger partial charge is 0.284 e. The molecule has 0 aromatic rings. The van der Waals surface area contributed by atoms with E-state index in [1.54, 1.807) is 18.9 Å². The zero-order valence-electron chi connectivity index (χ0n) is 21.9. The normalized spacial score (nSPS) is 23.1. The molecule has 8 heteroatoms. The predicted molar refractivity (Wildman–Crippen MR) is 137 cm³/mol. The molecule has 6 nitrogen and oxygen atoms in total. The van der Waals surface area contributed by atoms with Crippen molar-refractivity contribution in [3.63, 3.8) is 0 Å². The number of rotatable bonds is 14. The lowest BCUT2D eigenvalue weighted by Gasteiger charge is -2.53. The van der Waals surface area contributed by atoms with E-state index in [1.165, 1.54) is 0 Å². The van der Waals surface area contributed by atoms with Gasteiger partial charge in [0.2, 0.25) is 0 Å². The van der Waals surface area contributed by atoms with Crippen molar-refractivity contribution in [2.45, 2.75) is 111 Å². The Balaban J connectivity index is 3.14. The highest BCUT2D eigenvalue weighted by Gasteiger charge is 2.52. The molecule has 0 spiro atoms. The Morgan fingerprint density at radius 1 is 1.06 bits per heavy atom. The molecule has 184 valence electrons. The fraction of sp³-hybridized carbons (Fsp3) is 0.875. The molecule has 0 aromatic carbocycles. The molecule has 1 rings (SSSR count). The molecule has 2 N–H and O–H groups in total. The molecule has 4 atom stereocenters. The number of hydrogen-bond donors (Lipinski definition) is 2. The molecule has 1 saturated heterocycles. The van der Waals surface area contributed by atoms with Gasteiger partial charge in [0.05, 0.1) is 17.5 Å². The van der Waals surface area contributed by atoms with Crippen LogP contribution in [-0.4, -0.2) is 58.5 Å². The second-order valence-corrected chi connectivity index (χ2v) is 11.1. The van der Waals surface area contributed by atoms with Crippen molar-refractivity contribution in [1.82, 2.24) is 14.8 Å². The van der Waals surface area contributed by atoms with Crippen LogP contribution in [0.2, 0.25) is 0 Å². The molecule has 1 aliphatic rings. The third-order valence-electron chi connectivity index (χ3n) is 8.42. The van der Waals surface area contributed by atoms with Gasteiger partial charge in [-0.2, -0.15) is 0 Å². The van der Waals surface area contributed by atoms with Gasteiger partial charge in [0.15, 0.2) is 5.78 Å². The topological polar surface area (TPSA) is 78.5 Å². The van der Waals surface area contributed by atoms with Crippen molar-refractivity contribution in [3.05, 3.63) is 0 Å². The Kier molecular flexibility index (Phi) is 11.1. The van der Waals surface area contributed by atoms with Crippen LogP contribution in [0.5, 0.6) is 0 Å². The van der Waals surface area contributed by atoms with Crippen LogP contribution in [0.3, 0.4) is 0 Å². The standard InChI is InChI=1S/C24H46BN3O3S/c1-10-18(11-2)20(30)19-15-26-16-28(32-19)24(9,14-5)22(7,12-3)21(31)25-27-23(8,13-4)17(6)29/h18-19,25-27H,10-16H2,1-9H3. The van der Waals surface area contributed by atoms with Crippen molar-refractivity contribution in [2.24, 2.45) is 11.3 Å². The minimum absolute atomic E-state index is 0.0443. The van der Waals surface area contributed by atoms with E-state index < -0.39 is 16.5 Å². The van der Waals surface area contributed by atoms with E-state index in [1.807, 2.05) is 20.8 Å². The highest BCUT2D eigenvalue weighted by atomic mass is 32.2. The lowest BCUT2D eigenvalue weighted by molar-refractivity contribution is -0.127. The van der Waals surface area contributed by atoms with Crippen LogP contribution >= 0.6 is 11.9 Å². The second kappa shape index (κ2) is 12.1. The zero-order valence-corrected chi connectivity index (χ0v) is 22.7. The fourth-order valence-electron chi connectivity index (χ4n) is 4.61. The van der Waals surface area contributed by atoms with Crippen LogP contribution in [0.15, 0.2) is 0 Å². The van der Waals surface area contributed by atoms with Crippen molar-refractivity contribution >= 4 is 36.6 Å². The molecule has 0 aliphatic carbocycles. The number of ketones is 2. The van der Waals surface area contributed by atoms with Crippen LogP contribution in [0, 0.1) is 11.3 Å². The van der Waals surface area contributed by atoms with Crippen molar-refractivity contribution in [3.8, 4) is 0 Å². The van der Waals surface area contributed by atoms with Gasteiger partial charge in [-0.15, -0.1) is 0 Å². The molecule has 0 amide bonds. The lowest BCUT2D eigenvalue weighted by Crippen LogP contribution is -2.64. The molecule has 4 unspecified atom stereocenters. The number of carbonyl (C=O) groups excluding carboxylic acids is 3. The summed E-state index contributed by atoms with van der Waals surface area (Å²) < 4.78 is 2.24. The Hall–Kier alpha value is -0.695. The Bertz CT molecular complexity index is 675. The molecule has 0 aromatic heterocycles. The van der Waals surface area contributed by atoms with Crippen molar-refractivity contribution < 1.29 is 14.4 Å². The average molecular weight is 468 g/mol. The first kappa shape index (κ1) is 29.3. The minimum atomic E-state index is -0.693. The van der Waals surface area contributed by atoms with Gasteiger partial charge in [-0.25, -0.2) is 4.31 Å². The van der Waals surface area contributed by atoms with E-state index in [2.05, 4.69) is 49.5 Å². The lowest BCUT2D eigenvalue weighted by atomic mass is 9.57. The summed E-state index contributed by atoms with van der Waals surface area (Å²) in [5, 5.41) is 6.55. The fourth-order valence-corrected chi connectivity index (χ4v) is 6.14. The number of hydrogen-bond acceptors (Lipinski definition) is 7. The monoisotopic (exact) mass is 467 g/mol. The Morgan fingerprint density at radius 2 is 1.66 bits per heavy atom. The summed E-state index contributed by atoms with van der Waals surface area (Å²) in [7, 11) is 0.159. The van der Waals surface area contributed by atoms with Crippen LogP contribution in [-0.2, 0) is 14.4 Å². The maximum atomic E-state index is 13.6. The summed E-state index contributed by atoms with van der Waals surface area (Å²) >= 11 is 1.62. The average Bonchev–Trinajstić information content (AvgIpc) is 2.81. The van der Waals surface area contributed by atoms with Crippen LogP contribution in [0.4, 0.5) is 0 Å². The van der Waals surface area contributed by atoms with Gasteiger partial charge in [0.25, 0.3) is 7.41 Å². The molecule has 0 radical (unpaired) electrons. The minimum Gasteiger partial charge on any atom is -0.341 e. The highest BCUT2D eigenvalue weighted by Crippen LogP contribution is 2.46. The summed E-state index contributed by atoms with van der Waals surface area (Å²) in [5.74, 6) is 0.439. The number of nitrogens with zero attached hydrogens (tertiary/aromatic N) is 1. The molecule has 1 fully saturated rings. The van der Waals surface area contributed by atoms with Crippen molar-refractivity contribution in [1.29, 1.82) is 0 Å². The SMILES string of the molecule is CCC(CC)C(=O)C1CNCN(C(C)(CC)C(C)(CC)C(=O)BNC(C)(CC)C(C)=O)S1. The van der Waals surface area contributed by atoms with Gasteiger partial charge in [-0.05, 0) is 52.9 Å². The quantitative estimate of drug-likeness (QED) is 0.298. The van der Waals surface area contributed by atoms with Crippen LogP contribution in [0.1, 0.15) is 94.4 Å². The molecular weight excluding hydrogens is 421 g/mol. The first-order valence-electron chi connectivity index (χ1n) is 12.4. The van der Waals surface area contributed by atoms with E-state index in [9.17, 15) is 14.4 Å². The third kappa shape index (κ3) is 5.86. The van der Waals surface area contributed by atoms with Crippen LogP contribution in [0.25, 0.3) is 0 Å². The highest BCUT2D eigenvalue weighted by molar-refractivity contribution is 7.98. The Morgan fingerprint density at radius 3 is 2.09 bits per heavy atom. The molecule has 0 bridgehead atoms. The van der Waals surface area contributed by atoms with E-state index in [0.29, 0.717) is 31.8 Å². The zero-order chi connectivity index (χ0) is 24.7. The molecular formula is C24H46BN3O3S. The molecule has 1 heterocycles. The summed E-state index contributed by atoms with van der Waals surface area (Å²) in [5.41, 5.74) is -1.65. The van der Waals surface area contributed by atoms with E-state index in [-0.39, 0.29) is 30.0 Å². The maximum absolute atomic E-state index is 13.6. The summed E-state index contributed by atoms with van der Waals surface area (Å²) in [6.45, 7) is 19.2. The van der Waals surface area contributed by atoms with Crippen molar-refractivity contribution in [2.75, 3.05) is 13.2 Å². The second-order valence-electron chi connectivity index (χ2n) is 9.83. The maximum Gasteiger partial charge on any atom is 0.284 e. The first-order valence-corrected chi connectivity index (χ1v) is 13.2. The number of Topliss-reactive ketones (excluding diaryl/α,β-unsaturated/α-hetero) is 2. The first-order chi connectivity index (χ1) is 14.9. The van der Waals surface area contributed by atoms with Crippen LogP contribution < -0.4 is 10.5 Å². The van der Waals surface area contributed by atoms with E-state index in [0.717, 1.165) is 19.3 Å². The van der Waals surface area contributed by atoms with Gasteiger partial charge in [-0.1, -0.05) is 53.5 Å². The third-order valence-corrected chi connectivity index (χ3v) is 9.86. The Labute approximate surface area is 201 Å². The molecule has 32 heavy (non-hydrogen) atoms. The van der Waals surface area contributed by atoms with Gasteiger partial charge in [0, 0.05) is 23.4 Å². The predicted octanol–water partition coefficient (Wildman–Crippen LogP) is 3.68. The summed E-state index contributed by atoms with van der Waals surface area (Å²) in [6, 6.07) is 0. The number of nitrogens with one attached hydrogen (secondary N) is 2. The van der Waals surface area contributed by atoms with E-state index >= 15 is 0 Å². The van der Waals surface area contributed by atoms with Gasteiger partial charge in [0.1, 0.15) is 11.5 Å². The largest absolute Gasteiger partial charge is 0.341 e. The van der Waals surface area contributed by atoms with Gasteiger partial charge in [-0.3, -0.25) is 9.59 Å². The van der Waals surface area contributed by atoms with Gasteiger partial charge < -0.3 is 15.3 Å².